The van der Waals surface area contributed by atoms with Crippen LogP contribution >= 0.6 is 0 Å². The van der Waals surface area contributed by atoms with Crippen molar-refractivity contribution < 1.29 is 19.7 Å². The number of aromatic nitrogens is 2. The summed E-state index contributed by atoms with van der Waals surface area (Å²) in [4.78, 5) is 10.8. The lowest BCUT2D eigenvalue weighted by Gasteiger charge is -2.10. The lowest BCUT2D eigenvalue weighted by atomic mass is 10.1. The smallest absolute Gasteiger partial charge is 0.353 e. The third-order valence-corrected chi connectivity index (χ3v) is 2.62. The van der Waals surface area contributed by atoms with Crippen molar-refractivity contribution >= 4 is 5.97 Å². The predicted molar refractivity (Wildman–Crippen MR) is 63.9 cm³/mol. The minimum atomic E-state index is -1.09. The number of carbonyl (C=O) groups is 1. The van der Waals surface area contributed by atoms with Crippen LogP contribution < -0.4 is 4.74 Å². The van der Waals surface area contributed by atoms with Crippen LogP contribution in [0.25, 0.3) is 11.3 Å². The Hall–Kier alpha value is -2.50. The summed E-state index contributed by atoms with van der Waals surface area (Å²) in [6, 6.07) is 4.81. The van der Waals surface area contributed by atoms with Crippen LogP contribution in [0.1, 0.15) is 16.1 Å². The van der Waals surface area contributed by atoms with Crippen molar-refractivity contribution in [2.75, 3.05) is 7.11 Å². The molecule has 0 aliphatic rings. The van der Waals surface area contributed by atoms with Crippen molar-refractivity contribution in [3.8, 4) is 22.8 Å². The van der Waals surface area contributed by atoms with Gasteiger partial charge in [0.2, 0.25) is 0 Å². The molecule has 2 aromatic rings. The zero-order valence-electron chi connectivity index (χ0n) is 9.89. The van der Waals surface area contributed by atoms with Gasteiger partial charge < -0.3 is 14.9 Å². The Morgan fingerprint density at radius 3 is 2.72 bits per heavy atom. The molecule has 0 aliphatic carbocycles. The SMILES string of the molecule is COc1c(-c2cc(C(=O)O)[nH]n2)ccc(C)c1O. The number of hydrogen-bond donors (Lipinski definition) is 3. The number of benzene rings is 1. The molecule has 0 fully saturated rings. The number of nitrogens with one attached hydrogen (secondary N) is 1. The first-order valence-electron chi connectivity index (χ1n) is 5.20. The Bertz CT molecular complexity index is 604. The van der Waals surface area contributed by atoms with Gasteiger partial charge in [0, 0.05) is 5.56 Å². The van der Waals surface area contributed by atoms with E-state index in [-0.39, 0.29) is 17.2 Å². The molecule has 0 atom stereocenters. The van der Waals surface area contributed by atoms with Crippen LogP contribution in [0.5, 0.6) is 11.5 Å². The van der Waals surface area contributed by atoms with Crippen LogP contribution in [0, 0.1) is 6.92 Å². The fraction of sp³-hybridized carbons (Fsp3) is 0.167. The maximum Gasteiger partial charge on any atom is 0.353 e. The molecule has 0 unspecified atom stereocenters. The van der Waals surface area contributed by atoms with Gasteiger partial charge in [-0.05, 0) is 24.6 Å². The number of carboxylic acids is 1. The number of aromatic hydroxyl groups is 1. The van der Waals surface area contributed by atoms with E-state index >= 15 is 0 Å². The Kier molecular flexibility index (Phi) is 2.93. The van der Waals surface area contributed by atoms with E-state index in [0.29, 0.717) is 16.8 Å². The molecule has 94 valence electrons. The molecule has 6 nitrogen and oxygen atoms in total. The van der Waals surface area contributed by atoms with Crippen LogP contribution in [0.4, 0.5) is 0 Å². The topological polar surface area (TPSA) is 95.4 Å². The highest BCUT2D eigenvalue weighted by molar-refractivity contribution is 5.87. The fourth-order valence-corrected chi connectivity index (χ4v) is 1.65. The molecule has 0 saturated carbocycles. The third-order valence-electron chi connectivity index (χ3n) is 2.62. The van der Waals surface area contributed by atoms with Gasteiger partial charge in [-0.25, -0.2) is 4.79 Å². The Morgan fingerprint density at radius 1 is 1.44 bits per heavy atom. The van der Waals surface area contributed by atoms with Crippen molar-refractivity contribution in [3.63, 3.8) is 0 Å². The zero-order valence-corrected chi connectivity index (χ0v) is 9.89. The first kappa shape index (κ1) is 12.0. The maximum absolute atomic E-state index is 10.8. The number of H-pyrrole nitrogens is 1. The van der Waals surface area contributed by atoms with E-state index in [1.165, 1.54) is 13.2 Å². The van der Waals surface area contributed by atoms with E-state index in [2.05, 4.69) is 10.2 Å². The predicted octanol–water partition coefficient (Wildman–Crippen LogP) is 1.80. The average molecular weight is 248 g/mol. The Balaban J connectivity index is 2.56. The van der Waals surface area contributed by atoms with Crippen LogP contribution in [0.2, 0.25) is 0 Å². The number of hydrogen-bond acceptors (Lipinski definition) is 4. The fourth-order valence-electron chi connectivity index (χ4n) is 1.65. The molecule has 0 radical (unpaired) electrons. The molecule has 0 spiro atoms. The minimum Gasteiger partial charge on any atom is -0.504 e. The molecule has 2 rings (SSSR count). The summed E-state index contributed by atoms with van der Waals surface area (Å²) in [5, 5.41) is 25.0. The maximum atomic E-state index is 10.8. The van der Waals surface area contributed by atoms with Gasteiger partial charge in [-0.15, -0.1) is 0 Å². The molecule has 1 aromatic heterocycles. The van der Waals surface area contributed by atoms with E-state index in [1.54, 1.807) is 19.1 Å². The van der Waals surface area contributed by atoms with E-state index < -0.39 is 5.97 Å². The molecular formula is C12H12N2O4. The summed E-state index contributed by atoms with van der Waals surface area (Å²) < 4.78 is 5.13. The van der Waals surface area contributed by atoms with E-state index in [4.69, 9.17) is 9.84 Å². The standard InChI is InChI=1S/C12H12N2O4/c1-6-3-4-7(11(18-2)10(6)15)8-5-9(12(16)17)14-13-8/h3-5,15H,1-2H3,(H,13,14)(H,16,17). The van der Waals surface area contributed by atoms with Gasteiger partial charge in [-0.2, -0.15) is 5.10 Å². The van der Waals surface area contributed by atoms with Gasteiger partial charge in [-0.3, -0.25) is 5.10 Å². The third kappa shape index (κ3) is 1.88. The number of aromatic amines is 1. The lowest BCUT2D eigenvalue weighted by molar-refractivity contribution is 0.0690. The van der Waals surface area contributed by atoms with E-state index in [1.807, 2.05) is 0 Å². The van der Waals surface area contributed by atoms with Gasteiger partial charge in [0.1, 0.15) is 5.69 Å². The van der Waals surface area contributed by atoms with Crippen molar-refractivity contribution in [1.29, 1.82) is 0 Å². The monoisotopic (exact) mass is 248 g/mol. The highest BCUT2D eigenvalue weighted by Gasteiger charge is 2.16. The molecule has 0 aliphatic heterocycles. The van der Waals surface area contributed by atoms with Gasteiger partial charge in [-0.1, -0.05) is 6.07 Å². The van der Waals surface area contributed by atoms with Crippen LogP contribution in [0.3, 0.4) is 0 Å². The lowest BCUT2D eigenvalue weighted by Crippen LogP contribution is -1.95. The minimum absolute atomic E-state index is 0.0212. The summed E-state index contributed by atoms with van der Waals surface area (Å²) in [6.45, 7) is 1.74. The summed E-state index contributed by atoms with van der Waals surface area (Å²) in [5.74, 6) is -0.794. The highest BCUT2D eigenvalue weighted by atomic mass is 16.5. The molecule has 0 amide bonds. The van der Waals surface area contributed by atoms with Gasteiger partial charge in [0.15, 0.2) is 11.5 Å². The second-order valence-electron chi connectivity index (χ2n) is 3.78. The first-order chi connectivity index (χ1) is 8.54. The summed E-state index contributed by atoms with van der Waals surface area (Å²) in [7, 11) is 1.43. The normalized spacial score (nSPS) is 10.3. The van der Waals surface area contributed by atoms with Crippen molar-refractivity contribution in [1.82, 2.24) is 10.2 Å². The number of aromatic carboxylic acids is 1. The number of rotatable bonds is 3. The van der Waals surface area contributed by atoms with Crippen LogP contribution in [0.15, 0.2) is 18.2 Å². The molecular weight excluding hydrogens is 236 g/mol. The highest BCUT2D eigenvalue weighted by Crippen LogP contribution is 2.38. The van der Waals surface area contributed by atoms with Gasteiger partial charge in [0.05, 0.1) is 12.8 Å². The number of aryl methyl sites for hydroxylation is 1. The quantitative estimate of drug-likeness (QED) is 0.769. The molecule has 0 bridgehead atoms. The molecule has 1 heterocycles. The first-order valence-corrected chi connectivity index (χ1v) is 5.20. The zero-order chi connectivity index (χ0) is 13.3. The second kappa shape index (κ2) is 4.40. The Labute approximate surface area is 103 Å². The number of methoxy groups -OCH3 is 1. The summed E-state index contributed by atoms with van der Waals surface area (Å²) in [6.07, 6.45) is 0. The molecule has 3 N–H and O–H groups in total. The molecule has 6 heteroatoms. The van der Waals surface area contributed by atoms with Crippen molar-refractivity contribution in [2.45, 2.75) is 6.92 Å². The summed E-state index contributed by atoms with van der Waals surface area (Å²) in [5.41, 5.74) is 1.58. The molecule has 18 heavy (non-hydrogen) atoms. The second-order valence-corrected chi connectivity index (χ2v) is 3.78. The van der Waals surface area contributed by atoms with Crippen molar-refractivity contribution in [3.05, 3.63) is 29.5 Å². The average Bonchev–Trinajstić information content (AvgIpc) is 2.82. The molecule has 1 aromatic carbocycles. The van der Waals surface area contributed by atoms with Crippen LogP contribution in [-0.2, 0) is 0 Å². The Morgan fingerprint density at radius 2 is 2.17 bits per heavy atom. The molecule has 0 saturated heterocycles. The van der Waals surface area contributed by atoms with Gasteiger partial charge >= 0.3 is 5.97 Å². The number of carboxylic acid groups (broad SMARTS) is 1. The van der Waals surface area contributed by atoms with E-state index in [9.17, 15) is 9.90 Å². The van der Waals surface area contributed by atoms with E-state index in [0.717, 1.165) is 0 Å². The largest absolute Gasteiger partial charge is 0.504 e. The van der Waals surface area contributed by atoms with Crippen molar-refractivity contribution in [2.24, 2.45) is 0 Å². The number of phenolic OH excluding ortho intramolecular Hbond substituents is 1. The van der Waals surface area contributed by atoms with Gasteiger partial charge in [0.25, 0.3) is 0 Å². The number of nitrogens with zero attached hydrogens (tertiary/aromatic N) is 1. The number of phenols is 1. The van der Waals surface area contributed by atoms with Crippen LogP contribution in [-0.4, -0.2) is 33.5 Å². The number of ether oxygens (including phenoxy) is 1. The summed E-state index contributed by atoms with van der Waals surface area (Å²) >= 11 is 0.